The number of piperidine rings is 2. The fraction of sp³-hybridized carbons (Fsp3) is 0.917. The van der Waals surface area contributed by atoms with Crippen molar-refractivity contribution in [3.05, 3.63) is 0 Å². The van der Waals surface area contributed by atoms with Crippen LogP contribution in [0, 0.1) is 11.8 Å². The van der Waals surface area contributed by atoms with Gasteiger partial charge in [0.15, 0.2) is 0 Å². The van der Waals surface area contributed by atoms with E-state index in [4.69, 9.17) is 0 Å². The van der Waals surface area contributed by atoms with E-state index in [2.05, 4.69) is 9.80 Å². The fourth-order valence-electron chi connectivity index (χ4n) is 6.71. The van der Waals surface area contributed by atoms with E-state index in [9.17, 15) is 9.59 Å². The first-order valence-corrected chi connectivity index (χ1v) is 12.3. The molecule has 4 atom stereocenters. The molecule has 0 spiro atoms. The predicted molar refractivity (Wildman–Crippen MR) is 112 cm³/mol. The van der Waals surface area contributed by atoms with Gasteiger partial charge in [-0.05, 0) is 76.0 Å². The minimum absolute atomic E-state index is 0.356. The van der Waals surface area contributed by atoms with Crippen molar-refractivity contribution in [2.75, 3.05) is 13.1 Å². The van der Waals surface area contributed by atoms with Crippen molar-refractivity contribution >= 4 is 11.8 Å². The quantitative estimate of drug-likeness (QED) is 0.628. The van der Waals surface area contributed by atoms with Gasteiger partial charge in [-0.3, -0.25) is 9.59 Å². The molecule has 4 unspecified atom stereocenters. The van der Waals surface area contributed by atoms with E-state index in [1.165, 1.54) is 77.0 Å². The first-order chi connectivity index (χ1) is 13.7. The van der Waals surface area contributed by atoms with Crippen molar-refractivity contribution < 1.29 is 9.59 Å². The molecule has 2 saturated carbocycles. The smallest absolute Gasteiger partial charge is 0.222 e. The molecule has 28 heavy (non-hydrogen) atoms. The van der Waals surface area contributed by atoms with Gasteiger partial charge in [0.25, 0.3) is 0 Å². The molecule has 0 aromatic rings. The second kappa shape index (κ2) is 9.63. The van der Waals surface area contributed by atoms with Gasteiger partial charge in [0.2, 0.25) is 11.8 Å². The molecule has 4 nitrogen and oxygen atoms in total. The van der Waals surface area contributed by atoms with Gasteiger partial charge in [-0.15, -0.1) is 0 Å². The van der Waals surface area contributed by atoms with Crippen LogP contribution in [-0.2, 0) is 9.59 Å². The number of carbonyl (C=O) groups is 2. The highest BCUT2D eigenvalue weighted by Gasteiger charge is 2.36. The monoisotopic (exact) mass is 388 g/mol. The zero-order chi connectivity index (χ0) is 19.3. The van der Waals surface area contributed by atoms with Crippen molar-refractivity contribution in [1.82, 2.24) is 9.80 Å². The summed E-state index contributed by atoms with van der Waals surface area (Å²) in [5.41, 5.74) is 0. The molecule has 4 heteroatoms. The van der Waals surface area contributed by atoms with Crippen molar-refractivity contribution in [2.24, 2.45) is 11.8 Å². The zero-order valence-corrected chi connectivity index (χ0v) is 17.7. The number of likely N-dealkylation sites (tertiary alicyclic amines) is 2. The Bertz CT molecular complexity index is 497. The Kier molecular flexibility index (Phi) is 6.95. The Balaban J connectivity index is 1.20. The third-order valence-electron chi connectivity index (χ3n) is 8.16. The van der Waals surface area contributed by atoms with Gasteiger partial charge >= 0.3 is 0 Å². The van der Waals surface area contributed by atoms with E-state index in [0.717, 1.165) is 37.8 Å². The summed E-state index contributed by atoms with van der Waals surface area (Å²) in [7, 11) is 0. The lowest BCUT2D eigenvalue weighted by molar-refractivity contribution is -0.139. The first-order valence-electron chi connectivity index (χ1n) is 12.3. The Morgan fingerprint density at radius 2 is 0.964 bits per heavy atom. The van der Waals surface area contributed by atoms with Gasteiger partial charge in [-0.25, -0.2) is 0 Å². The summed E-state index contributed by atoms with van der Waals surface area (Å²) < 4.78 is 0. The lowest BCUT2D eigenvalue weighted by atomic mass is 9.78. The highest BCUT2D eigenvalue weighted by molar-refractivity contribution is 5.78. The average Bonchev–Trinajstić information content (AvgIpc) is 2.75. The van der Waals surface area contributed by atoms with Crippen LogP contribution in [0.4, 0.5) is 0 Å². The van der Waals surface area contributed by atoms with Gasteiger partial charge in [-0.1, -0.05) is 25.7 Å². The SMILES string of the molecule is O=C(CCCCC(=O)N1CCCC2CCCCC21)N1CCCC2CCCCC21. The van der Waals surface area contributed by atoms with Gasteiger partial charge in [0, 0.05) is 38.0 Å². The molecule has 0 aromatic carbocycles. The van der Waals surface area contributed by atoms with E-state index in [1.807, 2.05) is 0 Å². The van der Waals surface area contributed by atoms with Crippen LogP contribution in [0.1, 0.15) is 103 Å². The maximum Gasteiger partial charge on any atom is 0.222 e. The third kappa shape index (κ3) is 4.57. The van der Waals surface area contributed by atoms with Crippen molar-refractivity contribution in [3.63, 3.8) is 0 Å². The molecule has 2 heterocycles. The lowest BCUT2D eigenvalue weighted by Gasteiger charge is -2.44. The minimum Gasteiger partial charge on any atom is -0.339 e. The van der Waals surface area contributed by atoms with E-state index in [-0.39, 0.29) is 0 Å². The number of amides is 2. The van der Waals surface area contributed by atoms with E-state index in [1.54, 1.807) is 0 Å². The normalized spacial score (nSPS) is 33.1. The number of hydrogen-bond acceptors (Lipinski definition) is 2. The Morgan fingerprint density at radius 3 is 1.43 bits per heavy atom. The average molecular weight is 389 g/mol. The lowest BCUT2D eigenvalue weighted by Crippen LogP contribution is -2.49. The molecule has 0 bridgehead atoms. The van der Waals surface area contributed by atoms with Crippen molar-refractivity contribution in [2.45, 2.75) is 115 Å². The van der Waals surface area contributed by atoms with Gasteiger partial charge in [-0.2, -0.15) is 0 Å². The maximum absolute atomic E-state index is 12.8. The van der Waals surface area contributed by atoms with Crippen LogP contribution in [0.25, 0.3) is 0 Å². The van der Waals surface area contributed by atoms with Crippen LogP contribution in [0.2, 0.25) is 0 Å². The van der Waals surface area contributed by atoms with Crippen LogP contribution in [0.5, 0.6) is 0 Å². The summed E-state index contributed by atoms with van der Waals surface area (Å²) in [6, 6.07) is 1.04. The van der Waals surface area contributed by atoms with Crippen LogP contribution in [0.3, 0.4) is 0 Å². The maximum atomic E-state index is 12.8. The molecule has 4 aliphatic rings. The summed E-state index contributed by atoms with van der Waals surface area (Å²) in [6.45, 7) is 1.94. The minimum atomic E-state index is 0.356. The zero-order valence-electron chi connectivity index (χ0n) is 17.7. The second-order valence-electron chi connectivity index (χ2n) is 9.89. The molecule has 0 aromatic heterocycles. The first kappa shape index (κ1) is 20.2. The molecule has 0 N–H and O–H groups in total. The topological polar surface area (TPSA) is 40.6 Å². The summed E-state index contributed by atoms with van der Waals surface area (Å²) in [5, 5.41) is 0. The molecule has 0 radical (unpaired) electrons. The van der Waals surface area contributed by atoms with Crippen LogP contribution in [0.15, 0.2) is 0 Å². The molecular formula is C24H40N2O2. The summed E-state index contributed by atoms with van der Waals surface area (Å²) in [6.07, 6.45) is 18.4. The summed E-state index contributed by atoms with van der Waals surface area (Å²) >= 11 is 0. The van der Waals surface area contributed by atoms with Crippen LogP contribution in [-0.4, -0.2) is 46.8 Å². The summed E-state index contributed by atoms with van der Waals surface area (Å²) in [5.74, 6) is 2.23. The van der Waals surface area contributed by atoms with Gasteiger partial charge in [0.05, 0.1) is 0 Å². The van der Waals surface area contributed by atoms with Crippen LogP contribution < -0.4 is 0 Å². The molecule has 2 aliphatic heterocycles. The Hall–Kier alpha value is -1.06. The molecule has 2 aliphatic carbocycles. The number of carbonyl (C=O) groups excluding carboxylic acids is 2. The highest BCUT2D eigenvalue weighted by atomic mass is 16.2. The Labute approximate surface area is 171 Å². The van der Waals surface area contributed by atoms with Gasteiger partial charge in [0.1, 0.15) is 0 Å². The molecule has 158 valence electrons. The number of hydrogen-bond donors (Lipinski definition) is 0. The predicted octanol–water partition coefficient (Wildman–Crippen LogP) is 4.91. The van der Waals surface area contributed by atoms with E-state index >= 15 is 0 Å². The fourth-order valence-corrected chi connectivity index (χ4v) is 6.71. The largest absolute Gasteiger partial charge is 0.339 e. The standard InChI is InChI=1S/C24H40N2O2/c27-23(25-17-7-11-19-9-1-3-13-21(19)25)15-5-6-16-24(28)26-18-8-12-20-10-2-4-14-22(20)26/h19-22H,1-18H2. The molecule has 4 rings (SSSR count). The number of unbranched alkanes of at least 4 members (excludes halogenated alkanes) is 1. The van der Waals surface area contributed by atoms with Gasteiger partial charge < -0.3 is 9.80 Å². The molecule has 2 saturated heterocycles. The molecule has 4 fully saturated rings. The molecule has 2 amide bonds. The number of nitrogens with zero attached hydrogens (tertiary/aromatic N) is 2. The number of rotatable bonds is 5. The van der Waals surface area contributed by atoms with E-state index < -0.39 is 0 Å². The van der Waals surface area contributed by atoms with Crippen LogP contribution >= 0.6 is 0 Å². The second-order valence-corrected chi connectivity index (χ2v) is 9.89. The number of fused-ring (bicyclic) bond motifs is 2. The molecular weight excluding hydrogens is 348 g/mol. The third-order valence-corrected chi connectivity index (χ3v) is 8.16. The summed E-state index contributed by atoms with van der Waals surface area (Å²) in [4.78, 5) is 30.1. The van der Waals surface area contributed by atoms with Crippen molar-refractivity contribution in [3.8, 4) is 0 Å². The van der Waals surface area contributed by atoms with E-state index in [0.29, 0.717) is 36.7 Å². The highest BCUT2D eigenvalue weighted by Crippen LogP contribution is 2.37. The Morgan fingerprint density at radius 1 is 0.571 bits per heavy atom. The van der Waals surface area contributed by atoms with Crippen molar-refractivity contribution in [1.29, 1.82) is 0 Å².